The van der Waals surface area contributed by atoms with Crippen LogP contribution in [0.5, 0.6) is 0 Å². The first-order valence-corrected chi connectivity index (χ1v) is 6.47. The Morgan fingerprint density at radius 1 is 1.30 bits per heavy atom. The van der Waals surface area contributed by atoms with Crippen molar-refractivity contribution in [1.29, 1.82) is 0 Å². The van der Waals surface area contributed by atoms with Gasteiger partial charge in [-0.05, 0) is 13.1 Å². The van der Waals surface area contributed by atoms with E-state index >= 15 is 0 Å². The molecule has 1 fully saturated rings. The third kappa shape index (κ3) is 2.88. The average molecular weight is 278 g/mol. The lowest BCUT2D eigenvalue weighted by Gasteiger charge is -2.32. The smallest absolute Gasteiger partial charge is 0.270 e. The summed E-state index contributed by atoms with van der Waals surface area (Å²) < 4.78 is 0. The summed E-state index contributed by atoms with van der Waals surface area (Å²) in [4.78, 5) is 26.8. The van der Waals surface area contributed by atoms with E-state index in [4.69, 9.17) is 0 Å². The Hall–Kier alpha value is -2.15. The largest absolute Gasteiger partial charge is 0.387 e. The molecule has 0 unspecified atom stereocenters. The lowest BCUT2D eigenvalue weighted by Crippen LogP contribution is -2.47. The fourth-order valence-corrected chi connectivity index (χ4v) is 2.22. The molecule has 1 amide bonds. The molecule has 1 aliphatic rings. The number of anilines is 1. The van der Waals surface area contributed by atoms with Crippen LogP contribution in [-0.4, -0.2) is 60.9 Å². The van der Waals surface area contributed by atoms with Crippen LogP contribution in [0.1, 0.15) is 10.4 Å². The Morgan fingerprint density at radius 3 is 2.50 bits per heavy atom. The molecule has 1 heterocycles. The number of nitrogens with one attached hydrogen (secondary N) is 1. The van der Waals surface area contributed by atoms with E-state index in [-0.39, 0.29) is 11.6 Å². The topological polar surface area (TPSA) is 78.7 Å². The van der Waals surface area contributed by atoms with Crippen molar-refractivity contribution in [3.63, 3.8) is 0 Å². The molecule has 1 aliphatic heterocycles. The number of rotatable bonds is 3. The van der Waals surface area contributed by atoms with Crippen LogP contribution in [0.15, 0.2) is 18.2 Å². The van der Waals surface area contributed by atoms with Crippen LogP contribution >= 0.6 is 0 Å². The summed E-state index contributed by atoms with van der Waals surface area (Å²) in [5.74, 6) is -0.161. The summed E-state index contributed by atoms with van der Waals surface area (Å²) in [6.45, 7) is 2.91. The average Bonchev–Trinajstić information content (AvgIpc) is 2.46. The van der Waals surface area contributed by atoms with Crippen LogP contribution in [0.3, 0.4) is 0 Å². The van der Waals surface area contributed by atoms with Crippen LogP contribution < -0.4 is 5.32 Å². The third-order valence-corrected chi connectivity index (χ3v) is 3.50. The van der Waals surface area contributed by atoms with Crippen molar-refractivity contribution in [2.24, 2.45) is 0 Å². The molecule has 108 valence electrons. The number of amides is 1. The van der Waals surface area contributed by atoms with Crippen molar-refractivity contribution in [3.05, 3.63) is 33.9 Å². The Kier molecular flexibility index (Phi) is 4.19. The standard InChI is InChI=1S/C13H18N4O3/c1-14-12-4-3-10(17(19)20)9-11(12)13(18)16-7-5-15(2)6-8-16/h3-4,9,14H,5-8H2,1-2H3. The van der Waals surface area contributed by atoms with Crippen molar-refractivity contribution in [1.82, 2.24) is 9.80 Å². The minimum absolute atomic E-state index is 0.0681. The highest BCUT2D eigenvalue weighted by molar-refractivity contribution is 6.00. The highest BCUT2D eigenvalue weighted by Gasteiger charge is 2.24. The van der Waals surface area contributed by atoms with Crippen LogP contribution in [0.2, 0.25) is 0 Å². The van der Waals surface area contributed by atoms with E-state index in [0.717, 1.165) is 13.1 Å². The first-order chi connectivity index (χ1) is 9.52. The molecule has 1 saturated heterocycles. The zero-order valence-corrected chi connectivity index (χ0v) is 11.6. The Morgan fingerprint density at radius 2 is 1.95 bits per heavy atom. The summed E-state index contributed by atoms with van der Waals surface area (Å²) in [7, 11) is 3.70. The second-order valence-corrected chi connectivity index (χ2v) is 4.83. The molecule has 1 N–H and O–H groups in total. The van der Waals surface area contributed by atoms with Gasteiger partial charge in [-0.3, -0.25) is 14.9 Å². The predicted octanol–water partition coefficient (Wildman–Crippen LogP) is 1.02. The Labute approximate surface area is 117 Å². The van der Waals surface area contributed by atoms with Gasteiger partial charge in [-0.1, -0.05) is 0 Å². The molecule has 0 saturated carbocycles. The van der Waals surface area contributed by atoms with Crippen LogP contribution in [-0.2, 0) is 0 Å². The molecule has 7 nitrogen and oxygen atoms in total. The van der Waals surface area contributed by atoms with Gasteiger partial charge in [0.05, 0.1) is 10.5 Å². The SMILES string of the molecule is CNc1ccc([N+](=O)[O-])cc1C(=O)N1CCN(C)CC1. The summed E-state index contributed by atoms with van der Waals surface area (Å²) in [5.41, 5.74) is 0.896. The number of nitro benzene ring substituents is 1. The number of nitrogens with zero attached hydrogens (tertiary/aromatic N) is 3. The highest BCUT2D eigenvalue weighted by Crippen LogP contribution is 2.23. The van der Waals surface area contributed by atoms with Gasteiger partial charge in [0.25, 0.3) is 11.6 Å². The predicted molar refractivity (Wildman–Crippen MR) is 76.0 cm³/mol. The van der Waals surface area contributed by atoms with E-state index < -0.39 is 4.92 Å². The van der Waals surface area contributed by atoms with Crippen LogP contribution in [0, 0.1) is 10.1 Å². The van der Waals surface area contributed by atoms with Gasteiger partial charge in [-0.25, -0.2) is 0 Å². The summed E-state index contributed by atoms with van der Waals surface area (Å²) in [5, 5.41) is 13.8. The van der Waals surface area contributed by atoms with Gasteiger partial charge in [0.2, 0.25) is 0 Å². The number of piperazine rings is 1. The van der Waals surface area contributed by atoms with E-state index in [1.54, 1.807) is 18.0 Å². The molecule has 1 aromatic carbocycles. The minimum atomic E-state index is -0.486. The number of likely N-dealkylation sites (N-methyl/N-ethyl adjacent to an activating group) is 1. The van der Waals surface area contributed by atoms with E-state index in [0.29, 0.717) is 24.3 Å². The molecular weight excluding hydrogens is 260 g/mol. The van der Waals surface area contributed by atoms with Gasteiger partial charge in [-0.2, -0.15) is 0 Å². The van der Waals surface area contributed by atoms with Gasteiger partial charge >= 0.3 is 0 Å². The first-order valence-electron chi connectivity index (χ1n) is 6.47. The van der Waals surface area contributed by atoms with E-state index in [1.165, 1.54) is 12.1 Å². The van der Waals surface area contributed by atoms with Crippen molar-refractivity contribution >= 4 is 17.3 Å². The first kappa shape index (κ1) is 14.3. The molecule has 0 radical (unpaired) electrons. The molecule has 7 heteroatoms. The number of carbonyl (C=O) groups excluding carboxylic acids is 1. The van der Waals surface area contributed by atoms with Gasteiger partial charge in [-0.15, -0.1) is 0 Å². The molecule has 1 aromatic rings. The molecule has 2 rings (SSSR count). The van der Waals surface area contributed by atoms with Gasteiger partial charge in [0, 0.05) is 51.0 Å². The zero-order chi connectivity index (χ0) is 14.7. The van der Waals surface area contributed by atoms with Crippen molar-refractivity contribution in [3.8, 4) is 0 Å². The second kappa shape index (κ2) is 5.87. The maximum atomic E-state index is 12.5. The lowest BCUT2D eigenvalue weighted by molar-refractivity contribution is -0.384. The second-order valence-electron chi connectivity index (χ2n) is 4.83. The molecule has 0 aromatic heterocycles. The third-order valence-electron chi connectivity index (χ3n) is 3.50. The summed E-state index contributed by atoms with van der Waals surface area (Å²) >= 11 is 0. The normalized spacial score (nSPS) is 16.0. The summed E-state index contributed by atoms with van der Waals surface area (Å²) in [6, 6.07) is 4.31. The van der Waals surface area contributed by atoms with Gasteiger partial charge < -0.3 is 15.1 Å². The minimum Gasteiger partial charge on any atom is -0.387 e. The van der Waals surface area contributed by atoms with Crippen molar-refractivity contribution in [2.75, 3.05) is 45.6 Å². The number of nitro groups is 1. The number of hydrogen-bond donors (Lipinski definition) is 1. The van der Waals surface area contributed by atoms with Crippen molar-refractivity contribution in [2.45, 2.75) is 0 Å². The number of hydrogen-bond acceptors (Lipinski definition) is 5. The number of non-ortho nitro benzene ring substituents is 1. The van der Waals surface area contributed by atoms with E-state index in [9.17, 15) is 14.9 Å². The quantitative estimate of drug-likeness (QED) is 0.660. The van der Waals surface area contributed by atoms with Crippen LogP contribution in [0.4, 0.5) is 11.4 Å². The van der Waals surface area contributed by atoms with Crippen molar-refractivity contribution < 1.29 is 9.72 Å². The lowest BCUT2D eigenvalue weighted by atomic mass is 10.1. The van der Waals surface area contributed by atoms with E-state index in [1.807, 2.05) is 7.05 Å². The molecule has 0 atom stereocenters. The molecule has 0 spiro atoms. The van der Waals surface area contributed by atoms with Crippen LogP contribution in [0.25, 0.3) is 0 Å². The maximum Gasteiger partial charge on any atom is 0.270 e. The molecule has 0 bridgehead atoms. The van der Waals surface area contributed by atoms with E-state index in [2.05, 4.69) is 10.2 Å². The summed E-state index contributed by atoms with van der Waals surface area (Å²) in [6.07, 6.45) is 0. The zero-order valence-electron chi connectivity index (χ0n) is 11.6. The fourth-order valence-electron chi connectivity index (χ4n) is 2.22. The number of benzene rings is 1. The Balaban J connectivity index is 2.27. The molecular formula is C13H18N4O3. The highest BCUT2D eigenvalue weighted by atomic mass is 16.6. The number of carbonyl (C=O) groups is 1. The van der Waals surface area contributed by atoms with Gasteiger partial charge in [0.15, 0.2) is 0 Å². The molecule has 0 aliphatic carbocycles. The monoisotopic (exact) mass is 278 g/mol. The maximum absolute atomic E-state index is 12.5. The Bertz CT molecular complexity index is 524. The molecule has 20 heavy (non-hydrogen) atoms. The fraction of sp³-hybridized carbons (Fsp3) is 0.462. The van der Waals surface area contributed by atoms with Gasteiger partial charge in [0.1, 0.15) is 0 Å².